The summed E-state index contributed by atoms with van der Waals surface area (Å²) in [5, 5.41) is 6.30. The van der Waals surface area contributed by atoms with Crippen LogP contribution in [-0.2, 0) is 29.9 Å². The predicted octanol–water partition coefficient (Wildman–Crippen LogP) is 1.72. The number of rotatable bonds is 4. The van der Waals surface area contributed by atoms with Gasteiger partial charge in [0.25, 0.3) is 0 Å². The van der Waals surface area contributed by atoms with Crippen LogP contribution in [0.25, 0.3) is 0 Å². The maximum Gasteiger partial charge on any atom is 0.343 e. The van der Waals surface area contributed by atoms with Crippen molar-refractivity contribution in [1.82, 2.24) is 14.8 Å². The van der Waals surface area contributed by atoms with Crippen LogP contribution in [0.15, 0.2) is 27.9 Å². The molecule has 1 heterocycles. The third kappa shape index (κ3) is 3.47. The van der Waals surface area contributed by atoms with Gasteiger partial charge in [-0.05, 0) is 23.6 Å². The lowest BCUT2D eigenvalue weighted by molar-refractivity contribution is 0.283. The minimum absolute atomic E-state index is 0.151. The van der Waals surface area contributed by atoms with E-state index in [1.165, 1.54) is 4.57 Å². The molecule has 120 valence electrons. The molecule has 2 aromatic rings. The fourth-order valence-electron chi connectivity index (χ4n) is 2.05. The van der Waals surface area contributed by atoms with Gasteiger partial charge in [0.05, 0.1) is 0 Å². The highest BCUT2D eigenvalue weighted by atomic mass is 32.2. The zero-order valence-corrected chi connectivity index (χ0v) is 14.3. The Morgan fingerprint density at radius 1 is 1.36 bits per heavy atom. The van der Waals surface area contributed by atoms with Crippen LogP contribution in [0.3, 0.4) is 0 Å². The molecule has 0 aliphatic rings. The molecule has 0 saturated heterocycles. The molecule has 0 spiro atoms. The fraction of sp³-hybridized carbons (Fsp3) is 0.467. The van der Waals surface area contributed by atoms with E-state index in [0.717, 1.165) is 10.5 Å². The third-order valence-electron chi connectivity index (χ3n) is 3.42. The Hall–Kier alpha value is -1.89. The fourth-order valence-corrected chi connectivity index (χ4v) is 2.59. The largest absolute Gasteiger partial charge is 0.485 e. The summed E-state index contributed by atoms with van der Waals surface area (Å²) in [5.41, 5.74) is 0.550. The topological polar surface area (TPSA) is 77.0 Å². The Bertz CT molecular complexity index is 756. The normalized spacial score (nSPS) is 13.1. The van der Waals surface area contributed by atoms with Crippen molar-refractivity contribution < 1.29 is 8.95 Å². The predicted molar refractivity (Wildman–Crippen MR) is 85.6 cm³/mol. The standard InChI is InChI=1S/C15H21N3O3S/c1-15(2,3)11-8-10(22(5)20)6-7-12(11)21-9-13-16-17-14(19)18(13)4/h6-8H,9H2,1-5H3,(H,17,19). The molecule has 1 N–H and O–H groups in total. The van der Waals surface area contributed by atoms with Crippen LogP contribution in [0.2, 0.25) is 0 Å². The van der Waals surface area contributed by atoms with Crippen LogP contribution in [0.4, 0.5) is 0 Å². The summed E-state index contributed by atoms with van der Waals surface area (Å²) in [7, 11) is 0.597. The van der Waals surface area contributed by atoms with Crippen molar-refractivity contribution in [2.24, 2.45) is 7.05 Å². The molecule has 0 fully saturated rings. The molecule has 6 nitrogen and oxygen atoms in total. The van der Waals surface area contributed by atoms with E-state index in [0.29, 0.717) is 11.6 Å². The van der Waals surface area contributed by atoms with Crippen LogP contribution in [0.5, 0.6) is 5.75 Å². The Labute approximate surface area is 132 Å². The van der Waals surface area contributed by atoms with Gasteiger partial charge in [0.2, 0.25) is 0 Å². The van der Waals surface area contributed by atoms with Crippen LogP contribution in [0.1, 0.15) is 32.2 Å². The van der Waals surface area contributed by atoms with Gasteiger partial charge in [-0.25, -0.2) is 9.89 Å². The molecule has 22 heavy (non-hydrogen) atoms. The quantitative estimate of drug-likeness (QED) is 0.929. The van der Waals surface area contributed by atoms with E-state index in [1.807, 2.05) is 12.1 Å². The first-order chi connectivity index (χ1) is 10.2. The Morgan fingerprint density at radius 2 is 2.05 bits per heavy atom. The second kappa shape index (κ2) is 6.08. The average molecular weight is 323 g/mol. The highest BCUT2D eigenvalue weighted by Gasteiger charge is 2.21. The number of ether oxygens (including phenoxy) is 1. The van der Waals surface area contributed by atoms with Crippen molar-refractivity contribution in [3.8, 4) is 5.75 Å². The van der Waals surface area contributed by atoms with Crippen molar-refractivity contribution in [1.29, 1.82) is 0 Å². The van der Waals surface area contributed by atoms with Gasteiger partial charge in [-0.15, -0.1) is 0 Å². The second-order valence-electron chi connectivity index (χ2n) is 6.15. The van der Waals surface area contributed by atoms with Gasteiger partial charge in [0.15, 0.2) is 5.82 Å². The molecule has 1 aromatic heterocycles. The van der Waals surface area contributed by atoms with Crippen LogP contribution >= 0.6 is 0 Å². The van der Waals surface area contributed by atoms with Gasteiger partial charge < -0.3 is 4.74 Å². The Kier molecular flexibility index (Phi) is 4.55. The number of nitrogens with one attached hydrogen (secondary N) is 1. The molecule has 0 amide bonds. The molecule has 0 aliphatic carbocycles. The van der Waals surface area contributed by atoms with E-state index in [2.05, 4.69) is 31.0 Å². The second-order valence-corrected chi connectivity index (χ2v) is 7.53. The van der Waals surface area contributed by atoms with E-state index >= 15 is 0 Å². The molecule has 7 heteroatoms. The monoisotopic (exact) mass is 323 g/mol. The van der Waals surface area contributed by atoms with Gasteiger partial charge in [0.1, 0.15) is 12.4 Å². The molecular formula is C15H21N3O3S. The molecule has 0 bridgehead atoms. The number of aromatic nitrogens is 3. The van der Waals surface area contributed by atoms with E-state index < -0.39 is 10.8 Å². The lowest BCUT2D eigenvalue weighted by atomic mass is 9.86. The highest BCUT2D eigenvalue weighted by Crippen LogP contribution is 2.33. The van der Waals surface area contributed by atoms with Crippen molar-refractivity contribution >= 4 is 10.8 Å². The van der Waals surface area contributed by atoms with Crippen molar-refractivity contribution in [2.75, 3.05) is 6.26 Å². The SMILES string of the molecule is Cn1c(COc2ccc(S(C)=O)cc2C(C)(C)C)n[nH]c1=O. The summed E-state index contributed by atoms with van der Waals surface area (Å²) in [4.78, 5) is 12.1. The molecule has 1 unspecified atom stereocenters. The van der Waals surface area contributed by atoms with Gasteiger partial charge >= 0.3 is 5.69 Å². The molecule has 0 saturated carbocycles. The zero-order chi connectivity index (χ0) is 16.5. The highest BCUT2D eigenvalue weighted by molar-refractivity contribution is 7.84. The zero-order valence-electron chi connectivity index (χ0n) is 13.5. The maximum atomic E-state index is 11.7. The summed E-state index contributed by atoms with van der Waals surface area (Å²) < 4.78 is 18.9. The third-order valence-corrected chi connectivity index (χ3v) is 4.34. The van der Waals surface area contributed by atoms with Gasteiger partial charge in [-0.1, -0.05) is 20.8 Å². The molecule has 1 aromatic carbocycles. The number of H-pyrrole nitrogens is 1. The summed E-state index contributed by atoms with van der Waals surface area (Å²) in [6, 6.07) is 5.53. The van der Waals surface area contributed by atoms with E-state index in [9.17, 15) is 9.00 Å². The molecular weight excluding hydrogens is 302 g/mol. The first-order valence-electron chi connectivity index (χ1n) is 6.91. The summed E-state index contributed by atoms with van der Waals surface area (Å²) in [6.45, 7) is 6.40. The number of benzene rings is 1. The maximum absolute atomic E-state index is 11.7. The Balaban J connectivity index is 2.32. The minimum Gasteiger partial charge on any atom is -0.485 e. The van der Waals surface area contributed by atoms with Crippen LogP contribution in [-0.4, -0.2) is 25.2 Å². The number of aromatic amines is 1. The van der Waals surface area contributed by atoms with Gasteiger partial charge in [-0.2, -0.15) is 5.10 Å². The summed E-state index contributed by atoms with van der Waals surface area (Å²) in [5.74, 6) is 1.23. The van der Waals surface area contributed by atoms with Gasteiger partial charge in [0, 0.05) is 34.6 Å². The lowest BCUT2D eigenvalue weighted by Gasteiger charge is -2.23. The molecule has 0 radical (unpaired) electrons. The number of nitrogens with zero attached hydrogens (tertiary/aromatic N) is 2. The lowest BCUT2D eigenvalue weighted by Crippen LogP contribution is -2.17. The minimum atomic E-state index is -1.04. The van der Waals surface area contributed by atoms with Crippen molar-refractivity contribution in [2.45, 2.75) is 37.7 Å². The average Bonchev–Trinajstić information content (AvgIpc) is 2.75. The molecule has 2 rings (SSSR count). The molecule has 1 atom stereocenters. The Morgan fingerprint density at radius 3 is 2.55 bits per heavy atom. The smallest absolute Gasteiger partial charge is 0.343 e. The van der Waals surface area contributed by atoms with E-state index in [4.69, 9.17) is 4.74 Å². The van der Waals surface area contributed by atoms with Crippen LogP contribution < -0.4 is 10.4 Å². The number of hydrogen-bond acceptors (Lipinski definition) is 4. The van der Waals surface area contributed by atoms with E-state index in [-0.39, 0.29) is 17.7 Å². The van der Waals surface area contributed by atoms with Crippen molar-refractivity contribution in [3.05, 3.63) is 40.1 Å². The molecule has 0 aliphatic heterocycles. The van der Waals surface area contributed by atoms with Crippen LogP contribution in [0, 0.1) is 0 Å². The summed E-state index contributed by atoms with van der Waals surface area (Å²) in [6.07, 6.45) is 1.65. The number of hydrogen-bond donors (Lipinski definition) is 1. The van der Waals surface area contributed by atoms with Gasteiger partial charge in [-0.3, -0.25) is 8.78 Å². The van der Waals surface area contributed by atoms with Crippen molar-refractivity contribution in [3.63, 3.8) is 0 Å². The van der Waals surface area contributed by atoms with E-state index in [1.54, 1.807) is 19.4 Å². The first-order valence-corrected chi connectivity index (χ1v) is 8.47. The first kappa shape index (κ1) is 16.5. The summed E-state index contributed by atoms with van der Waals surface area (Å²) >= 11 is 0.